The summed E-state index contributed by atoms with van der Waals surface area (Å²) >= 11 is 0. The molecule has 0 aromatic rings. The van der Waals surface area contributed by atoms with Gasteiger partial charge < -0.3 is 20.7 Å². The van der Waals surface area contributed by atoms with Crippen LogP contribution in [0.25, 0.3) is 0 Å². The number of fused-ring (bicyclic) bond motifs is 7. The Hall–Kier alpha value is -2.27. The van der Waals surface area contributed by atoms with Crippen molar-refractivity contribution in [2.75, 3.05) is 11.5 Å². The van der Waals surface area contributed by atoms with Gasteiger partial charge in [0, 0.05) is 17.9 Å². The highest BCUT2D eigenvalue weighted by Crippen LogP contribution is 2.27. The Kier molecular flexibility index (Phi) is 12.0. The van der Waals surface area contributed by atoms with Crippen molar-refractivity contribution in [3.8, 4) is 0 Å². The first-order valence-corrected chi connectivity index (χ1v) is 14.7. The molecule has 2 aliphatic heterocycles. The molecule has 0 aromatic carbocycles. The van der Waals surface area contributed by atoms with Crippen LogP contribution in [0.3, 0.4) is 0 Å². The number of Topliss-reactive ketones (excluding diaryl/α,β-unsaturated/α-hetero) is 1. The van der Waals surface area contributed by atoms with Crippen molar-refractivity contribution in [1.82, 2.24) is 16.0 Å². The molecule has 0 saturated carbocycles. The maximum absolute atomic E-state index is 13.2. The Bertz CT molecular complexity index is 902. The second-order valence-corrected chi connectivity index (χ2v) is 12.2. The lowest BCUT2D eigenvalue weighted by Crippen LogP contribution is -2.50. The standard InChI is InChI=1S/C25H37N3O6S2/c1-6-18-24(32)28-22(15(4)5)25(33)34-17-9-7-8-10-35-36-13-16(23(31)26-18)11-19(29)21(14(2)3)27-20(30)12-17/h6-7,9,14-17,21-22H,8,10-13H2,1-5H3,(H,26,31)(H,27,30)(H,28,32)/b9-7+,18-6-/t16-,17+,21-,22+/m1/s1. The summed E-state index contributed by atoms with van der Waals surface area (Å²) in [6.07, 6.45) is 4.56. The largest absolute Gasteiger partial charge is 0.456 e. The third-order valence-electron chi connectivity index (χ3n) is 5.87. The van der Waals surface area contributed by atoms with Crippen molar-refractivity contribution in [3.05, 3.63) is 23.9 Å². The number of nitrogens with one attached hydrogen (secondary N) is 3. The van der Waals surface area contributed by atoms with Crippen molar-refractivity contribution < 1.29 is 28.7 Å². The average Bonchev–Trinajstić information content (AvgIpc) is 2.81. The van der Waals surface area contributed by atoms with Crippen LogP contribution in [0.15, 0.2) is 23.9 Å². The van der Waals surface area contributed by atoms with Crippen molar-refractivity contribution in [1.29, 1.82) is 0 Å². The SMILES string of the molecule is C/C=C1\NC(=O)[C@H]2CSSCC/C=C/[C@@H](CC(=O)N[C@H](C(C)C)C(=O)C2)OC(=O)[C@H](C(C)C)NC1=O. The molecule has 2 rings (SSSR count). The van der Waals surface area contributed by atoms with Crippen molar-refractivity contribution in [2.24, 2.45) is 17.8 Å². The van der Waals surface area contributed by atoms with Crippen LogP contribution in [0.2, 0.25) is 0 Å². The van der Waals surface area contributed by atoms with E-state index < -0.39 is 47.8 Å². The first-order valence-electron chi connectivity index (χ1n) is 12.2. The molecular weight excluding hydrogens is 502 g/mol. The van der Waals surface area contributed by atoms with Crippen LogP contribution < -0.4 is 16.0 Å². The van der Waals surface area contributed by atoms with Gasteiger partial charge >= 0.3 is 5.97 Å². The van der Waals surface area contributed by atoms with Crippen LogP contribution in [0, 0.1) is 17.8 Å². The minimum Gasteiger partial charge on any atom is -0.456 e. The minimum absolute atomic E-state index is 0.00452. The lowest BCUT2D eigenvalue weighted by atomic mass is 9.92. The zero-order valence-corrected chi connectivity index (χ0v) is 23.1. The first kappa shape index (κ1) is 30.0. The summed E-state index contributed by atoms with van der Waals surface area (Å²) in [4.78, 5) is 65.4. The first-order chi connectivity index (χ1) is 17.0. The summed E-state index contributed by atoms with van der Waals surface area (Å²) in [6, 6.07) is -1.78. The molecule has 1 saturated heterocycles. The third-order valence-corrected chi connectivity index (χ3v) is 8.39. The van der Waals surface area contributed by atoms with E-state index in [1.807, 2.05) is 19.9 Å². The summed E-state index contributed by atoms with van der Waals surface area (Å²) < 4.78 is 5.67. The predicted molar refractivity (Wildman–Crippen MR) is 142 cm³/mol. The van der Waals surface area contributed by atoms with Crippen LogP contribution in [0.4, 0.5) is 0 Å². The molecule has 0 radical (unpaired) electrons. The second-order valence-electron chi connectivity index (χ2n) is 9.55. The van der Waals surface area contributed by atoms with Gasteiger partial charge in [0.2, 0.25) is 11.8 Å². The Morgan fingerprint density at radius 3 is 2.31 bits per heavy atom. The fourth-order valence-electron chi connectivity index (χ4n) is 3.77. The molecule has 2 aliphatic rings. The van der Waals surface area contributed by atoms with Gasteiger partial charge in [-0.05, 0) is 31.3 Å². The average molecular weight is 540 g/mol. The number of hydrogen-bond acceptors (Lipinski definition) is 8. The fourth-order valence-corrected chi connectivity index (χ4v) is 6.07. The van der Waals surface area contributed by atoms with Crippen LogP contribution in [0.1, 0.15) is 53.9 Å². The van der Waals surface area contributed by atoms with E-state index in [0.29, 0.717) is 12.2 Å². The summed E-state index contributed by atoms with van der Waals surface area (Å²) in [5.41, 5.74) is -0.00452. The van der Waals surface area contributed by atoms with Crippen LogP contribution in [0.5, 0.6) is 0 Å². The number of amides is 3. The number of ether oxygens (including phenoxy) is 1. The molecule has 2 bridgehead atoms. The molecule has 36 heavy (non-hydrogen) atoms. The number of hydrogen-bond donors (Lipinski definition) is 3. The van der Waals surface area contributed by atoms with E-state index in [1.165, 1.54) is 16.9 Å². The fraction of sp³-hybridized carbons (Fsp3) is 0.640. The molecule has 1 fully saturated rings. The molecule has 200 valence electrons. The summed E-state index contributed by atoms with van der Waals surface area (Å²) in [5, 5.41) is 8.08. The van der Waals surface area contributed by atoms with Gasteiger partial charge in [-0.1, -0.05) is 61.4 Å². The Balaban J connectivity index is 2.55. The number of carbonyl (C=O) groups is 5. The summed E-state index contributed by atoms with van der Waals surface area (Å²) in [5.74, 6) is -2.59. The van der Waals surface area contributed by atoms with Gasteiger partial charge in [-0.15, -0.1) is 0 Å². The van der Waals surface area contributed by atoms with Crippen LogP contribution in [-0.4, -0.2) is 59.2 Å². The van der Waals surface area contributed by atoms with E-state index in [4.69, 9.17) is 4.74 Å². The van der Waals surface area contributed by atoms with Crippen molar-refractivity contribution in [2.45, 2.75) is 72.1 Å². The van der Waals surface area contributed by atoms with E-state index in [9.17, 15) is 24.0 Å². The maximum atomic E-state index is 13.2. The number of allylic oxidation sites excluding steroid dienone is 2. The van der Waals surface area contributed by atoms with Gasteiger partial charge in [0.15, 0.2) is 5.78 Å². The lowest BCUT2D eigenvalue weighted by Gasteiger charge is -2.27. The van der Waals surface area contributed by atoms with Crippen LogP contribution >= 0.6 is 21.6 Å². The Labute approximate surface area is 220 Å². The van der Waals surface area contributed by atoms with E-state index in [-0.39, 0.29) is 36.2 Å². The Morgan fingerprint density at radius 1 is 0.972 bits per heavy atom. The van der Waals surface area contributed by atoms with Crippen LogP contribution in [-0.2, 0) is 28.7 Å². The number of esters is 1. The number of ketones is 1. The smallest absolute Gasteiger partial charge is 0.329 e. The van der Waals surface area contributed by atoms with Crippen molar-refractivity contribution in [3.63, 3.8) is 0 Å². The van der Waals surface area contributed by atoms with Gasteiger partial charge in [-0.2, -0.15) is 0 Å². The highest BCUT2D eigenvalue weighted by molar-refractivity contribution is 8.76. The van der Waals surface area contributed by atoms with Gasteiger partial charge in [-0.25, -0.2) is 4.79 Å². The number of carbonyl (C=O) groups excluding carboxylic acids is 5. The summed E-state index contributed by atoms with van der Waals surface area (Å²) in [7, 11) is 3.05. The normalized spacial score (nSPS) is 29.9. The lowest BCUT2D eigenvalue weighted by molar-refractivity contribution is -0.153. The van der Waals surface area contributed by atoms with Gasteiger partial charge in [0.25, 0.3) is 5.91 Å². The third kappa shape index (κ3) is 8.99. The molecule has 0 spiro atoms. The quantitative estimate of drug-likeness (QED) is 0.211. The van der Waals surface area contributed by atoms with E-state index in [0.717, 1.165) is 5.75 Å². The topological polar surface area (TPSA) is 131 Å². The Morgan fingerprint density at radius 2 is 1.67 bits per heavy atom. The summed E-state index contributed by atoms with van der Waals surface area (Å²) in [6.45, 7) is 8.78. The highest BCUT2D eigenvalue weighted by Gasteiger charge is 2.33. The molecule has 2 heterocycles. The second kappa shape index (κ2) is 14.5. The molecule has 9 nitrogen and oxygen atoms in total. The molecule has 3 N–H and O–H groups in total. The van der Waals surface area contributed by atoms with Gasteiger partial charge in [-0.3, -0.25) is 19.2 Å². The molecule has 3 amide bonds. The predicted octanol–water partition coefficient (Wildman–Crippen LogP) is 2.52. The molecule has 11 heteroatoms. The molecule has 4 atom stereocenters. The molecular formula is C25H37N3O6S2. The maximum Gasteiger partial charge on any atom is 0.329 e. The molecule has 0 aliphatic carbocycles. The minimum atomic E-state index is -0.987. The van der Waals surface area contributed by atoms with Crippen molar-refractivity contribution >= 4 is 51.1 Å². The highest BCUT2D eigenvalue weighted by atomic mass is 33.1. The van der Waals surface area contributed by atoms with Gasteiger partial charge in [0.05, 0.1) is 18.4 Å². The monoisotopic (exact) mass is 539 g/mol. The molecule has 0 aromatic heterocycles. The number of rotatable bonds is 2. The van der Waals surface area contributed by atoms with Gasteiger partial charge in [0.1, 0.15) is 17.8 Å². The van der Waals surface area contributed by atoms with E-state index in [1.54, 1.807) is 37.6 Å². The van der Waals surface area contributed by atoms with E-state index >= 15 is 0 Å². The zero-order valence-electron chi connectivity index (χ0n) is 21.5. The molecule has 0 unspecified atom stereocenters. The van der Waals surface area contributed by atoms with E-state index in [2.05, 4.69) is 16.0 Å². The zero-order chi connectivity index (χ0) is 26.8.